The van der Waals surface area contributed by atoms with E-state index in [1.807, 2.05) is 6.07 Å². The van der Waals surface area contributed by atoms with Crippen LogP contribution in [0.4, 0.5) is 5.69 Å². The highest BCUT2D eigenvalue weighted by molar-refractivity contribution is 6.37. The van der Waals surface area contributed by atoms with E-state index in [9.17, 15) is 19.2 Å². The van der Waals surface area contributed by atoms with Gasteiger partial charge in [-0.15, -0.1) is 0 Å². The molecule has 3 aliphatic rings. The van der Waals surface area contributed by atoms with Gasteiger partial charge in [-0.1, -0.05) is 53.5 Å². The third-order valence-electron chi connectivity index (χ3n) is 8.85. The molecule has 2 amide bonds. The van der Waals surface area contributed by atoms with Gasteiger partial charge in [0.15, 0.2) is 6.61 Å². The maximum Gasteiger partial charge on any atom is 0.339 e. The van der Waals surface area contributed by atoms with E-state index in [-0.39, 0.29) is 39.8 Å². The number of amides is 2. The Morgan fingerprint density at radius 2 is 1.55 bits per heavy atom. The molecule has 0 N–H and O–H groups in total. The summed E-state index contributed by atoms with van der Waals surface area (Å²) >= 11 is 12.1. The molecule has 1 aliphatic heterocycles. The van der Waals surface area contributed by atoms with Crippen molar-refractivity contribution < 1.29 is 23.9 Å². The van der Waals surface area contributed by atoms with Crippen LogP contribution in [0.5, 0.6) is 0 Å². The van der Waals surface area contributed by atoms with Crippen LogP contribution in [0.2, 0.25) is 10.0 Å². The van der Waals surface area contributed by atoms with E-state index in [0.29, 0.717) is 44.7 Å². The number of esters is 1. The number of imide groups is 1. The number of pyridine rings is 1. The fraction of sp³-hybridized carbons (Fsp3) is 0.242. The van der Waals surface area contributed by atoms with Gasteiger partial charge in [-0.25, -0.2) is 9.78 Å². The monoisotopic (exact) mass is 598 g/mol. The van der Waals surface area contributed by atoms with Crippen LogP contribution < -0.4 is 4.90 Å². The second-order valence-corrected chi connectivity index (χ2v) is 12.0. The predicted octanol–water partition coefficient (Wildman–Crippen LogP) is 6.78. The Bertz CT molecular complexity index is 1780. The number of nitrogens with zero attached hydrogens (tertiary/aromatic N) is 2. The molecule has 1 saturated heterocycles. The average Bonchev–Trinajstić information content (AvgIpc) is 3.68. The highest BCUT2D eigenvalue weighted by atomic mass is 35.5. The van der Waals surface area contributed by atoms with Gasteiger partial charge in [0.25, 0.3) is 0 Å². The Morgan fingerprint density at radius 1 is 0.857 bits per heavy atom. The molecule has 2 aliphatic carbocycles. The van der Waals surface area contributed by atoms with Gasteiger partial charge >= 0.3 is 5.97 Å². The number of halogens is 2. The zero-order chi connectivity index (χ0) is 29.1. The van der Waals surface area contributed by atoms with Crippen LogP contribution in [0.3, 0.4) is 0 Å². The van der Waals surface area contributed by atoms with Crippen molar-refractivity contribution in [3.63, 3.8) is 0 Å². The number of fused-ring (bicyclic) bond motifs is 6. The Kier molecular flexibility index (Phi) is 6.59. The normalized spacial score (nSPS) is 22.6. The molecule has 2 saturated carbocycles. The maximum atomic E-state index is 13.2. The summed E-state index contributed by atoms with van der Waals surface area (Å²) in [6.45, 7) is -0.498. The van der Waals surface area contributed by atoms with Crippen LogP contribution in [0, 0.1) is 23.7 Å². The van der Waals surface area contributed by atoms with Crippen molar-refractivity contribution in [1.82, 2.24) is 4.98 Å². The van der Waals surface area contributed by atoms with Crippen molar-refractivity contribution in [2.45, 2.75) is 19.3 Å². The van der Waals surface area contributed by atoms with E-state index in [2.05, 4.69) is 0 Å². The first-order valence-electron chi connectivity index (χ1n) is 13.8. The highest BCUT2D eigenvalue weighted by Crippen LogP contribution is 2.56. The summed E-state index contributed by atoms with van der Waals surface area (Å²) < 4.78 is 5.41. The minimum atomic E-state index is -0.681. The molecule has 42 heavy (non-hydrogen) atoms. The molecule has 7 rings (SSSR count). The molecule has 4 unspecified atom stereocenters. The number of ketones is 1. The molecule has 9 heteroatoms. The lowest BCUT2D eigenvalue weighted by molar-refractivity contribution is -0.123. The van der Waals surface area contributed by atoms with Gasteiger partial charge in [0.2, 0.25) is 17.6 Å². The molecule has 3 aromatic carbocycles. The zero-order valence-corrected chi connectivity index (χ0v) is 23.8. The molecular weight excluding hydrogens is 575 g/mol. The van der Waals surface area contributed by atoms with Gasteiger partial charge in [-0.2, -0.15) is 0 Å². The topological polar surface area (TPSA) is 93.6 Å². The zero-order valence-electron chi connectivity index (χ0n) is 22.3. The van der Waals surface area contributed by atoms with Crippen molar-refractivity contribution in [3.05, 3.63) is 94.0 Å². The van der Waals surface area contributed by atoms with E-state index in [4.69, 9.17) is 32.9 Å². The van der Waals surface area contributed by atoms with E-state index >= 15 is 0 Å². The number of rotatable bonds is 6. The second-order valence-electron chi connectivity index (χ2n) is 11.1. The quantitative estimate of drug-likeness (QED) is 0.138. The lowest BCUT2D eigenvalue weighted by Crippen LogP contribution is -2.32. The number of hydrogen-bond donors (Lipinski definition) is 0. The summed E-state index contributed by atoms with van der Waals surface area (Å²) in [7, 11) is 0. The number of aromatic nitrogens is 1. The molecule has 4 aromatic rings. The van der Waals surface area contributed by atoms with Crippen LogP contribution in [0.1, 0.15) is 40.0 Å². The van der Waals surface area contributed by atoms with E-state index in [1.165, 1.54) is 17.0 Å². The molecule has 3 fully saturated rings. The van der Waals surface area contributed by atoms with Gasteiger partial charge < -0.3 is 4.74 Å². The van der Waals surface area contributed by atoms with E-state index in [0.717, 1.165) is 19.3 Å². The van der Waals surface area contributed by atoms with Gasteiger partial charge in [0, 0.05) is 21.5 Å². The number of benzene rings is 3. The molecule has 7 nitrogen and oxygen atoms in total. The molecule has 2 heterocycles. The first-order chi connectivity index (χ1) is 20.3. The van der Waals surface area contributed by atoms with Crippen molar-refractivity contribution in [2.75, 3.05) is 11.5 Å². The minimum absolute atomic E-state index is 0.0896. The van der Waals surface area contributed by atoms with Crippen LogP contribution in [-0.4, -0.2) is 35.2 Å². The Balaban J connectivity index is 1.15. The summed E-state index contributed by atoms with van der Waals surface area (Å²) in [4.78, 5) is 58.5. The number of anilines is 1. The fourth-order valence-electron chi connectivity index (χ4n) is 6.94. The van der Waals surface area contributed by atoms with Crippen LogP contribution in [0.25, 0.3) is 22.2 Å². The standard InChI is InChI=1S/C33H24Cl2N2O5/c34-20-9-12-23(25(35)14-20)28(38)16-42-33(41)24-15-27(36-26-4-2-1-3-22(24)26)17-7-10-21(11-8-17)37-31(39)29-18-5-6-19(13-18)30(29)32(37)40/h1-4,7-12,14-15,18-19,29-30H,5-6,13,16H2. The molecule has 0 spiro atoms. The largest absolute Gasteiger partial charge is 0.454 e. The van der Waals surface area contributed by atoms with Gasteiger partial charge in [-0.3, -0.25) is 19.3 Å². The number of carbonyl (C=O) groups is 4. The summed E-state index contributed by atoms with van der Waals surface area (Å²) in [5, 5.41) is 1.15. The Hall–Kier alpha value is -4.07. The number of para-hydroxylation sites is 1. The van der Waals surface area contributed by atoms with E-state index in [1.54, 1.807) is 54.6 Å². The first-order valence-corrected chi connectivity index (χ1v) is 14.6. The Labute approximate surface area is 251 Å². The summed E-state index contributed by atoms with van der Waals surface area (Å²) in [6.07, 6.45) is 3.04. The second kappa shape index (κ2) is 10.3. The van der Waals surface area contributed by atoms with Crippen molar-refractivity contribution in [3.8, 4) is 11.3 Å². The third-order valence-corrected chi connectivity index (χ3v) is 9.40. The SMILES string of the molecule is O=C(COC(=O)c1cc(-c2ccc(N3C(=O)C4C5CCC(C5)C4C3=O)cc2)nc2ccccc12)c1ccc(Cl)cc1Cl. The number of ether oxygens (including phenoxy) is 1. The predicted molar refractivity (Wildman–Crippen MR) is 159 cm³/mol. The van der Waals surface area contributed by atoms with Crippen LogP contribution >= 0.6 is 23.2 Å². The summed E-state index contributed by atoms with van der Waals surface area (Å²) in [5.41, 5.74) is 2.78. The minimum Gasteiger partial charge on any atom is -0.454 e. The van der Waals surface area contributed by atoms with Gasteiger partial charge in [-0.05, 0) is 73.6 Å². The van der Waals surface area contributed by atoms with E-state index < -0.39 is 18.4 Å². The van der Waals surface area contributed by atoms with Crippen molar-refractivity contribution in [1.29, 1.82) is 0 Å². The van der Waals surface area contributed by atoms with Crippen LogP contribution in [0.15, 0.2) is 72.8 Å². The maximum absolute atomic E-state index is 13.2. The molecule has 4 atom stereocenters. The number of Topliss-reactive ketones (excluding diaryl/α,β-unsaturated/α-hetero) is 1. The number of hydrogen-bond acceptors (Lipinski definition) is 6. The van der Waals surface area contributed by atoms with Crippen molar-refractivity contribution in [2.24, 2.45) is 23.7 Å². The third kappa shape index (κ3) is 4.39. The molecular formula is C33H24Cl2N2O5. The summed E-state index contributed by atoms with van der Waals surface area (Å²) in [6, 6.07) is 20.3. The first kappa shape index (κ1) is 26.8. The highest BCUT2D eigenvalue weighted by Gasteiger charge is 2.61. The molecule has 2 bridgehead atoms. The van der Waals surface area contributed by atoms with Gasteiger partial charge in [0.1, 0.15) is 0 Å². The van der Waals surface area contributed by atoms with Crippen LogP contribution in [-0.2, 0) is 14.3 Å². The van der Waals surface area contributed by atoms with Gasteiger partial charge in [0.05, 0.1) is 39.3 Å². The fourth-order valence-corrected chi connectivity index (χ4v) is 7.45. The van der Waals surface area contributed by atoms with Crippen molar-refractivity contribution >= 4 is 63.4 Å². The average molecular weight is 599 g/mol. The molecule has 210 valence electrons. The lowest BCUT2D eigenvalue weighted by atomic mass is 9.81. The molecule has 0 radical (unpaired) electrons. The Morgan fingerprint density at radius 3 is 2.24 bits per heavy atom. The number of carbonyl (C=O) groups excluding carboxylic acids is 4. The summed E-state index contributed by atoms with van der Waals surface area (Å²) in [5.74, 6) is -1.05. The molecule has 1 aromatic heterocycles. The lowest BCUT2D eigenvalue weighted by Gasteiger charge is -2.19. The smallest absolute Gasteiger partial charge is 0.339 e.